The molecule has 0 fully saturated rings. The first-order valence-corrected chi connectivity index (χ1v) is 10.6. The summed E-state index contributed by atoms with van der Waals surface area (Å²) in [4.78, 5) is 34.2. The number of nitrogens with one attached hydrogen (secondary N) is 1. The van der Waals surface area contributed by atoms with Crippen LogP contribution in [0.2, 0.25) is 0 Å². The maximum absolute atomic E-state index is 11.8. The normalized spacial score (nSPS) is 16.7. The lowest BCUT2D eigenvalue weighted by Crippen LogP contribution is -2.33. The molecule has 0 spiro atoms. The first-order chi connectivity index (χ1) is 13.9. The van der Waals surface area contributed by atoms with Crippen LogP contribution in [-0.4, -0.2) is 48.7 Å². The smallest absolute Gasteiger partial charge is 0.407 e. The van der Waals surface area contributed by atoms with Crippen molar-refractivity contribution in [1.29, 1.82) is 0 Å². The molecule has 1 aliphatic heterocycles. The third-order valence-corrected chi connectivity index (χ3v) is 4.64. The summed E-state index contributed by atoms with van der Waals surface area (Å²) < 4.78 is 14.6. The van der Waals surface area contributed by atoms with Crippen molar-refractivity contribution in [1.82, 2.24) is 5.32 Å². The van der Waals surface area contributed by atoms with Gasteiger partial charge < -0.3 is 24.6 Å². The van der Waals surface area contributed by atoms with E-state index in [0.29, 0.717) is 6.54 Å². The zero-order valence-electron chi connectivity index (χ0n) is 17.6. The number of carbonyl (C=O) groups excluding carboxylic acids is 3. The largest absolute Gasteiger partial charge is 0.454 e. The van der Waals surface area contributed by atoms with E-state index in [1.807, 2.05) is 0 Å². The SMILES string of the molecule is CCCCCCCCCCCCNC(=O)OCC(OC(C)=O)C1=CC(=O)OC1O. The number of amides is 1. The van der Waals surface area contributed by atoms with Crippen molar-refractivity contribution in [2.75, 3.05) is 13.2 Å². The van der Waals surface area contributed by atoms with Crippen LogP contribution in [0.4, 0.5) is 4.79 Å². The molecule has 8 nitrogen and oxygen atoms in total. The number of hydrogen-bond donors (Lipinski definition) is 2. The number of alkyl carbamates (subject to hydrolysis) is 1. The number of aliphatic hydroxyl groups is 1. The minimum Gasteiger partial charge on any atom is -0.454 e. The Bertz CT molecular complexity index is 547. The Balaban J connectivity index is 2.13. The minimum atomic E-state index is -1.51. The van der Waals surface area contributed by atoms with Crippen molar-refractivity contribution in [3.63, 3.8) is 0 Å². The number of esters is 2. The maximum atomic E-state index is 11.8. The summed E-state index contributed by atoms with van der Waals surface area (Å²) in [5.74, 6) is -1.37. The van der Waals surface area contributed by atoms with E-state index in [-0.39, 0.29) is 12.2 Å². The molecule has 0 radical (unpaired) electrons. The summed E-state index contributed by atoms with van der Waals surface area (Å²) in [7, 11) is 0. The van der Waals surface area contributed by atoms with Crippen molar-refractivity contribution in [3.05, 3.63) is 11.6 Å². The Morgan fingerprint density at radius 1 is 1.10 bits per heavy atom. The molecule has 0 aromatic rings. The second-order valence-electron chi connectivity index (χ2n) is 7.24. The molecule has 8 heteroatoms. The highest BCUT2D eigenvalue weighted by Crippen LogP contribution is 2.20. The van der Waals surface area contributed by atoms with Crippen LogP contribution in [-0.2, 0) is 23.8 Å². The van der Waals surface area contributed by atoms with Crippen LogP contribution in [0.3, 0.4) is 0 Å². The molecule has 0 bridgehead atoms. The van der Waals surface area contributed by atoms with Gasteiger partial charge >= 0.3 is 18.0 Å². The second-order valence-corrected chi connectivity index (χ2v) is 7.24. The number of ether oxygens (including phenoxy) is 3. The van der Waals surface area contributed by atoms with Crippen LogP contribution >= 0.6 is 0 Å². The first-order valence-electron chi connectivity index (χ1n) is 10.6. The highest BCUT2D eigenvalue weighted by atomic mass is 16.6. The third-order valence-electron chi connectivity index (χ3n) is 4.64. The molecule has 1 amide bonds. The van der Waals surface area contributed by atoms with Gasteiger partial charge in [-0.2, -0.15) is 0 Å². The lowest BCUT2D eigenvalue weighted by molar-refractivity contribution is -0.154. The number of aliphatic hydroxyl groups excluding tert-OH is 1. The fourth-order valence-corrected chi connectivity index (χ4v) is 3.08. The van der Waals surface area contributed by atoms with Gasteiger partial charge in [-0.25, -0.2) is 9.59 Å². The summed E-state index contributed by atoms with van der Waals surface area (Å²) in [5.41, 5.74) is 0.0488. The van der Waals surface area contributed by atoms with E-state index >= 15 is 0 Å². The molecule has 1 heterocycles. The zero-order chi connectivity index (χ0) is 21.5. The lowest BCUT2D eigenvalue weighted by atomic mass is 10.1. The molecule has 0 aromatic carbocycles. The number of hydrogen-bond acceptors (Lipinski definition) is 7. The molecular weight excluding hydrogens is 378 g/mol. The fourth-order valence-electron chi connectivity index (χ4n) is 3.08. The summed E-state index contributed by atoms with van der Waals surface area (Å²) in [6.07, 6.45) is 9.92. The molecule has 1 rings (SSSR count). The molecule has 0 saturated carbocycles. The quantitative estimate of drug-likeness (QED) is 0.240. The van der Waals surface area contributed by atoms with Crippen molar-refractivity contribution in [3.8, 4) is 0 Å². The topological polar surface area (TPSA) is 111 Å². The minimum absolute atomic E-state index is 0.0488. The van der Waals surface area contributed by atoms with Crippen molar-refractivity contribution < 1.29 is 33.7 Å². The van der Waals surface area contributed by atoms with Crippen LogP contribution in [0.25, 0.3) is 0 Å². The van der Waals surface area contributed by atoms with Gasteiger partial charge in [-0.15, -0.1) is 0 Å². The Kier molecular flexibility index (Phi) is 12.8. The lowest BCUT2D eigenvalue weighted by Gasteiger charge is -2.19. The molecule has 2 atom stereocenters. The van der Waals surface area contributed by atoms with E-state index < -0.39 is 30.4 Å². The third kappa shape index (κ3) is 11.5. The predicted octanol–water partition coefficient (Wildman–Crippen LogP) is 3.37. The van der Waals surface area contributed by atoms with E-state index in [1.165, 1.54) is 51.9 Å². The van der Waals surface area contributed by atoms with Crippen LogP contribution in [0.5, 0.6) is 0 Å². The monoisotopic (exact) mass is 413 g/mol. The molecule has 2 unspecified atom stereocenters. The highest BCUT2D eigenvalue weighted by Gasteiger charge is 2.33. The number of rotatable bonds is 15. The molecule has 166 valence electrons. The van der Waals surface area contributed by atoms with Crippen LogP contribution in [0, 0.1) is 0 Å². The Morgan fingerprint density at radius 3 is 2.21 bits per heavy atom. The van der Waals surface area contributed by atoms with Gasteiger partial charge in [0.25, 0.3) is 0 Å². The predicted molar refractivity (Wildman–Crippen MR) is 107 cm³/mol. The highest BCUT2D eigenvalue weighted by molar-refractivity contribution is 5.86. The molecule has 1 aliphatic rings. The van der Waals surface area contributed by atoms with Gasteiger partial charge in [0.05, 0.1) is 0 Å². The molecule has 29 heavy (non-hydrogen) atoms. The Morgan fingerprint density at radius 2 is 1.69 bits per heavy atom. The fraction of sp³-hybridized carbons (Fsp3) is 0.762. The standard InChI is InChI=1S/C21H35NO7/c1-3-4-5-6-7-8-9-10-11-12-13-22-21(26)27-15-18(28-16(2)23)17-14-19(24)29-20(17)25/h14,18,20,25H,3-13,15H2,1-2H3,(H,22,26). The van der Waals surface area contributed by atoms with Crippen LogP contribution < -0.4 is 5.32 Å². The average Bonchev–Trinajstić information content (AvgIpc) is 3.01. The van der Waals surface area contributed by atoms with E-state index in [9.17, 15) is 19.5 Å². The van der Waals surface area contributed by atoms with E-state index in [4.69, 9.17) is 9.47 Å². The Hall–Kier alpha value is -2.09. The Labute approximate surface area is 173 Å². The maximum Gasteiger partial charge on any atom is 0.407 e. The molecule has 0 aliphatic carbocycles. The van der Waals surface area contributed by atoms with Crippen LogP contribution in [0.1, 0.15) is 78.1 Å². The summed E-state index contributed by atoms with van der Waals surface area (Å²) in [5, 5.41) is 12.3. The number of cyclic esters (lactones) is 1. The van der Waals surface area contributed by atoms with Gasteiger partial charge in [-0.05, 0) is 6.42 Å². The van der Waals surface area contributed by atoms with E-state index in [2.05, 4.69) is 17.0 Å². The van der Waals surface area contributed by atoms with Gasteiger partial charge in [0.1, 0.15) is 6.61 Å². The van der Waals surface area contributed by atoms with E-state index in [1.54, 1.807) is 0 Å². The zero-order valence-corrected chi connectivity index (χ0v) is 17.6. The van der Waals surface area contributed by atoms with E-state index in [0.717, 1.165) is 25.3 Å². The summed E-state index contributed by atoms with van der Waals surface area (Å²) in [6, 6.07) is 0. The molecule has 0 aromatic heterocycles. The second kappa shape index (κ2) is 14.8. The summed E-state index contributed by atoms with van der Waals surface area (Å²) >= 11 is 0. The van der Waals surface area contributed by atoms with Gasteiger partial charge in [0, 0.05) is 25.1 Å². The van der Waals surface area contributed by atoms with Gasteiger partial charge in [0.2, 0.25) is 6.29 Å². The summed E-state index contributed by atoms with van der Waals surface area (Å²) in [6.45, 7) is 3.59. The number of carbonyl (C=O) groups is 3. The average molecular weight is 414 g/mol. The molecular formula is C21H35NO7. The van der Waals surface area contributed by atoms with Crippen molar-refractivity contribution >= 4 is 18.0 Å². The van der Waals surface area contributed by atoms with Crippen molar-refractivity contribution in [2.24, 2.45) is 0 Å². The van der Waals surface area contributed by atoms with Gasteiger partial charge in [-0.3, -0.25) is 4.79 Å². The van der Waals surface area contributed by atoms with Gasteiger partial charge in [0.15, 0.2) is 6.10 Å². The van der Waals surface area contributed by atoms with Gasteiger partial charge in [-0.1, -0.05) is 64.7 Å². The molecule has 0 saturated heterocycles. The first kappa shape index (κ1) is 24.9. The van der Waals surface area contributed by atoms with Crippen molar-refractivity contribution in [2.45, 2.75) is 90.4 Å². The van der Waals surface area contributed by atoms with Crippen LogP contribution in [0.15, 0.2) is 11.6 Å². The molecule has 2 N–H and O–H groups in total. The number of unbranched alkanes of at least 4 members (excludes halogenated alkanes) is 9.